The Hall–Kier alpha value is -2.24. The lowest BCUT2D eigenvalue weighted by atomic mass is 10.1. The highest BCUT2D eigenvalue weighted by atomic mass is 16.5. The van der Waals surface area contributed by atoms with E-state index in [0.717, 1.165) is 5.56 Å². The van der Waals surface area contributed by atoms with Gasteiger partial charge in [-0.05, 0) is 0 Å². The summed E-state index contributed by atoms with van der Waals surface area (Å²) in [5.74, 6) is -1.52. The van der Waals surface area contributed by atoms with Crippen LogP contribution in [0.1, 0.15) is 11.1 Å². The molecule has 0 heterocycles. The molecule has 0 aliphatic carbocycles. The molecule has 0 aromatic heterocycles. The summed E-state index contributed by atoms with van der Waals surface area (Å²) in [6.07, 6.45) is 0. The third-order valence-electron chi connectivity index (χ3n) is 2.67. The van der Waals surface area contributed by atoms with Crippen LogP contribution in [0.2, 0.25) is 0 Å². The minimum absolute atomic E-state index is 0.115. The van der Waals surface area contributed by atoms with Gasteiger partial charge in [0.2, 0.25) is 12.3 Å². The molecule has 98 valence electrons. The Balaban J connectivity index is 2.16. The van der Waals surface area contributed by atoms with E-state index in [1.54, 1.807) is 24.3 Å². The van der Waals surface area contributed by atoms with Gasteiger partial charge in [0.15, 0.2) is 0 Å². The Bertz CT molecular complexity index is 552. The summed E-state index contributed by atoms with van der Waals surface area (Å²) in [6, 6.07) is 18.2. The number of hydroxylamine groups is 1. The molecular weight excluding hydrogens is 240 g/mol. The zero-order chi connectivity index (χ0) is 13.7. The van der Waals surface area contributed by atoms with E-state index >= 15 is 0 Å². The molecule has 4 N–H and O–H groups in total. The summed E-state index contributed by atoms with van der Waals surface area (Å²) in [4.78, 5) is 0.516. The first-order valence-electron chi connectivity index (χ1n) is 5.92. The van der Waals surface area contributed by atoms with Crippen molar-refractivity contribution in [2.75, 3.05) is 0 Å². The second kappa shape index (κ2) is 5.60. The van der Waals surface area contributed by atoms with Crippen molar-refractivity contribution in [3.05, 3.63) is 77.0 Å². The molecule has 0 amide bonds. The van der Waals surface area contributed by atoms with E-state index in [1.807, 2.05) is 36.4 Å². The smallest absolute Gasteiger partial charge is 0.249 e. The number of hydrogen-bond donors (Lipinski definition) is 2. The van der Waals surface area contributed by atoms with Crippen LogP contribution in [0.15, 0.2) is 65.8 Å². The Kier molecular flexibility index (Phi) is 3.89. The molecule has 2 aromatic carbocycles. The fourth-order valence-electron chi connectivity index (χ4n) is 1.72. The van der Waals surface area contributed by atoms with E-state index in [9.17, 15) is 5.21 Å². The van der Waals surface area contributed by atoms with Gasteiger partial charge in [-0.2, -0.15) is 0 Å². The topological polar surface area (TPSA) is 90.5 Å². The van der Waals surface area contributed by atoms with Crippen LogP contribution in [-0.2, 0) is 12.3 Å². The van der Waals surface area contributed by atoms with Crippen LogP contribution in [0, 0.1) is 5.21 Å². The van der Waals surface area contributed by atoms with E-state index in [2.05, 4.69) is 5.11 Å². The molecular formula is C14H16N4O. The Morgan fingerprint density at radius 1 is 0.947 bits per heavy atom. The maximum Gasteiger partial charge on any atom is 0.249 e. The first kappa shape index (κ1) is 13.2. The highest BCUT2D eigenvalue weighted by molar-refractivity contribution is 5.21. The fourth-order valence-corrected chi connectivity index (χ4v) is 1.72. The molecule has 2 aromatic rings. The van der Waals surface area contributed by atoms with Crippen LogP contribution in [0.25, 0.3) is 0 Å². The molecule has 5 heteroatoms. The van der Waals surface area contributed by atoms with Crippen LogP contribution in [0.5, 0.6) is 0 Å². The van der Waals surface area contributed by atoms with Crippen molar-refractivity contribution in [2.45, 2.75) is 12.3 Å². The van der Waals surface area contributed by atoms with Gasteiger partial charge in [-0.3, -0.25) is 11.5 Å². The Morgan fingerprint density at radius 3 is 2.05 bits per heavy atom. The molecule has 0 saturated carbocycles. The predicted octanol–water partition coefficient (Wildman–Crippen LogP) is 1.88. The van der Waals surface area contributed by atoms with E-state index < -0.39 is 5.79 Å². The van der Waals surface area contributed by atoms with Crippen LogP contribution in [-0.4, -0.2) is 4.86 Å². The van der Waals surface area contributed by atoms with Gasteiger partial charge in [-0.25, -0.2) is 0 Å². The predicted molar refractivity (Wildman–Crippen MR) is 72.7 cm³/mol. The van der Waals surface area contributed by atoms with Gasteiger partial charge >= 0.3 is 0 Å². The monoisotopic (exact) mass is 256 g/mol. The summed E-state index contributed by atoms with van der Waals surface area (Å²) < 4.78 is 0. The first-order chi connectivity index (χ1) is 9.08. The Morgan fingerprint density at radius 2 is 1.47 bits per heavy atom. The molecule has 0 unspecified atom stereocenters. The minimum atomic E-state index is -1.52. The lowest BCUT2D eigenvalue weighted by Crippen LogP contribution is -2.45. The summed E-state index contributed by atoms with van der Waals surface area (Å²) in [5, 5.41) is 15.6. The van der Waals surface area contributed by atoms with Crippen molar-refractivity contribution < 1.29 is 4.86 Å². The van der Waals surface area contributed by atoms with Crippen molar-refractivity contribution >= 4 is 0 Å². The third-order valence-corrected chi connectivity index (χ3v) is 2.67. The first-order valence-corrected chi connectivity index (χ1v) is 5.92. The maximum absolute atomic E-state index is 11.8. The quantitative estimate of drug-likeness (QED) is 0.378. The van der Waals surface area contributed by atoms with Crippen LogP contribution >= 0.6 is 0 Å². The maximum atomic E-state index is 11.8. The molecule has 0 atom stereocenters. The third kappa shape index (κ3) is 3.61. The summed E-state index contributed by atoms with van der Waals surface area (Å²) >= 11 is 0. The molecule has 5 nitrogen and oxygen atoms in total. The van der Waals surface area contributed by atoms with Crippen LogP contribution < -0.4 is 11.5 Å². The number of hydrogen-bond acceptors (Lipinski definition) is 4. The van der Waals surface area contributed by atoms with Crippen molar-refractivity contribution in [3.63, 3.8) is 0 Å². The van der Waals surface area contributed by atoms with Gasteiger partial charge in [0.25, 0.3) is 0 Å². The zero-order valence-corrected chi connectivity index (χ0v) is 10.4. The number of nitrogens with two attached hydrogens (primary N) is 2. The van der Waals surface area contributed by atoms with E-state index in [0.29, 0.717) is 10.4 Å². The van der Waals surface area contributed by atoms with Crippen molar-refractivity contribution in [1.82, 2.24) is 0 Å². The molecule has 0 aliphatic rings. The minimum Gasteiger partial charge on any atom is -0.600 e. The average molecular weight is 256 g/mol. The second-order valence-electron chi connectivity index (χ2n) is 4.29. The van der Waals surface area contributed by atoms with E-state index in [1.165, 1.54) is 0 Å². The van der Waals surface area contributed by atoms with Crippen LogP contribution in [0.4, 0.5) is 0 Å². The van der Waals surface area contributed by atoms with Crippen molar-refractivity contribution in [2.24, 2.45) is 16.6 Å². The number of rotatable bonds is 4. The summed E-state index contributed by atoms with van der Waals surface area (Å²) in [6.45, 7) is 0.115. The van der Waals surface area contributed by atoms with Gasteiger partial charge in [-0.15, -0.1) is 0 Å². The number of azo groups is 1. The van der Waals surface area contributed by atoms with Gasteiger partial charge in [0.1, 0.15) is 0 Å². The van der Waals surface area contributed by atoms with E-state index in [4.69, 9.17) is 11.5 Å². The average Bonchev–Trinajstić information content (AvgIpc) is 2.40. The van der Waals surface area contributed by atoms with Crippen LogP contribution in [0.3, 0.4) is 0 Å². The molecule has 19 heavy (non-hydrogen) atoms. The molecule has 0 radical (unpaired) electrons. The molecule has 2 rings (SSSR count). The SMILES string of the molecule is NC(N)(N=[N+]([O-])Cc1ccccc1)c1ccccc1. The van der Waals surface area contributed by atoms with Crippen molar-refractivity contribution in [3.8, 4) is 0 Å². The normalized spacial score (nSPS) is 12.4. The number of benzene rings is 2. The molecule has 0 bridgehead atoms. The van der Waals surface area contributed by atoms with Gasteiger partial charge < -0.3 is 5.21 Å². The lowest BCUT2D eigenvalue weighted by molar-refractivity contribution is -0.553. The van der Waals surface area contributed by atoms with E-state index in [-0.39, 0.29) is 6.54 Å². The molecule has 0 spiro atoms. The fraction of sp³-hybridized carbons (Fsp3) is 0.143. The summed E-state index contributed by atoms with van der Waals surface area (Å²) in [5.41, 5.74) is 13.2. The molecule has 0 saturated heterocycles. The number of nitrogens with zero attached hydrogens (tertiary/aromatic N) is 2. The zero-order valence-electron chi connectivity index (χ0n) is 10.4. The summed E-state index contributed by atoms with van der Waals surface area (Å²) in [7, 11) is 0. The molecule has 0 aliphatic heterocycles. The van der Waals surface area contributed by atoms with Gasteiger partial charge in [0.05, 0.1) is 0 Å². The van der Waals surface area contributed by atoms with Crippen molar-refractivity contribution in [1.29, 1.82) is 0 Å². The van der Waals surface area contributed by atoms with Gasteiger partial charge in [-0.1, -0.05) is 65.5 Å². The lowest BCUT2D eigenvalue weighted by Gasteiger charge is -2.17. The Labute approximate surface area is 111 Å². The standard InChI is InChI=1S/C14H16N4O/c15-14(16,13-9-5-2-6-10-13)17-18(19)11-12-7-3-1-4-8-12/h1-10H,11,15-16H2. The molecule has 0 fully saturated rings. The second-order valence-corrected chi connectivity index (χ2v) is 4.29. The van der Waals surface area contributed by atoms with Gasteiger partial charge in [0, 0.05) is 16.2 Å². The highest BCUT2D eigenvalue weighted by Gasteiger charge is 2.25. The highest BCUT2D eigenvalue weighted by Crippen LogP contribution is 2.14. The largest absolute Gasteiger partial charge is 0.600 e.